The van der Waals surface area contributed by atoms with E-state index in [-0.39, 0.29) is 39.0 Å². The lowest BCUT2D eigenvalue weighted by atomic mass is 10.1. The number of rotatable bonds is 42. The van der Waals surface area contributed by atoms with Crippen LogP contribution in [0.1, 0.15) is 64.7 Å². The van der Waals surface area contributed by atoms with Gasteiger partial charge >= 0.3 is 11.9 Å². The monoisotopic (exact) mass is 850 g/mol. The van der Waals surface area contributed by atoms with Crippen molar-refractivity contribution in [3.8, 4) is 5.75 Å². The number of carbonyl (C=O) groups excluding carboxylic acids is 2. The second kappa shape index (κ2) is 38.6. The molecule has 19 heteroatoms. The van der Waals surface area contributed by atoms with Crippen LogP contribution in [0.4, 0.5) is 22.0 Å². The van der Waals surface area contributed by atoms with Crippen molar-refractivity contribution in [1.82, 2.24) is 0 Å². The van der Waals surface area contributed by atoms with Gasteiger partial charge in [0.2, 0.25) is 34.8 Å². The molecular formula is C39H63F5O14. The molecule has 0 unspecified atom stereocenters. The van der Waals surface area contributed by atoms with Crippen molar-refractivity contribution < 1.29 is 88.4 Å². The lowest BCUT2D eigenvalue weighted by Crippen LogP contribution is -2.16. The van der Waals surface area contributed by atoms with Gasteiger partial charge in [0, 0.05) is 6.42 Å². The zero-order chi connectivity index (χ0) is 42.3. The summed E-state index contributed by atoms with van der Waals surface area (Å²) in [7, 11) is 0. The highest BCUT2D eigenvalue weighted by Crippen LogP contribution is 2.29. The average Bonchev–Trinajstić information content (AvgIpc) is 3.22. The molecule has 0 atom stereocenters. The smallest absolute Gasteiger partial charge is 0.313 e. The highest BCUT2D eigenvalue weighted by Gasteiger charge is 2.28. The molecule has 58 heavy (non-hydrogen) atoms. The molecule has 0 spiro atoms. The van der Waals surface area contributed by atoms with Gasteiger partial charge in [0.1, 0.15) is 6.61 Å². The summed E-state index contributed by atoms with van der Waals surface area (Å²) in [5.41, 5.74) is 0. The molecule has 0 radical (unpaired) electrons. The van der Waals surface area contributed by atoms with E-state index < -0.39 is 47.2 Å². The SMILES string of the molecule is CCCCCCCCCC(=O)OCCOCCOCCOCCOCCOCCOCCOCCOCCOCCOCCC(=O)Oc1c(F)c(F)c(F)c(F)c1F. The highest BCUT2D eigenvalue weighted by molar-refractivity contribution is 5.72. The third-order valence-electron chi connectivity index (χ3n) is 7.66. The number of unbranched alkanes of at least 4 members (excludes halogenated alkanes) is 6. The number of halogens is 5. The normalized spacial score (nSPS) is 11.4. The quantitative estimate of drug-likeness (QED) is 0.0203. The second-order valence-electron chi connectivity index (χ2n) is 12.3. The van der Waals surface area contributed by atoms with Gasteiger partial charge < -0.3 is 56.8 Å². The van der Waals surface area contributed by atoms with Gasteiger partial charge in [0.05, 0.1) is 139 Å². The van der Waals surface area contributed by atoms with E-state index in [9.17, 15) is 31.5 Å². The minimum Gasteiger partial charge on any atom is -0.463 e. The topological polar surface area (TPSA) is 145 Å². The second-order valence-corrected chi connectivity index (χ2v) is 12.3. The van der Waals surface area contributed by atoms with Crippen LogP contribution in [-0.4, -0.2) is 151 Å². The Morgan fingerprint density at radius 1 is 0.345 bits per heavy atom. The summed E-state index contributed by atoms with van der Waals surface area (Å²) in [5.74, 6) is -14.3. The molecule has 0 aliphatic rings. The van der Waals surface area contributed by atoms with Crippen molar-refractivity contribution in [2.45, 2.75) is 64.7 Å². The average molecular weight is 851 g/mol. The third-order valence-corrected chi connectivity index (χ3v) is 7.66. The Morgan fingerprint density at radius 3 is 1.00 bits per heavy atom. The minimum atomic E-state index is -2.35. The maximum Gasteiger partial charge on any atom is 0.313 e. The fourth-order valence-corrected chi connectivity index (χ4v) is 4.59. The minimum absolute atomic E-state index is 0.0761. The predicted octanol–water partition coefficient (Wildman–Crippen LogP) is 5.53. The van der Waals surface area contributed by atoms with Gasteiger partial charge in [-0.2, -0.15) is 8.78 Å². The molecule has 0 bridgehead atoms. The van der Waals surface area contributed by atoms with E-state index in [0.29, 0.717) is 112 Å². The van der Waals surface area contributed by atoms with Crippen LogP contribution in [0.25, 0.3) is 0 Å². The van der Waals surface area contributed by atoms with E-state index in [2.05, 4.69) is 11.7 Å². The van der Waals surface area contributed by atoms with Gasteiger partial charge in [-0.1, -0.05) is 45.4 Å². The maximum atomic E-state index is 13.6. The van der Waals surface area contributed by atoms with Crippen molar-refractivity contribution in [1.29, 1.82) is 0 Å². The molecule has 0 saturated carbocycles. The predicted molar refractivity (Wildman–Crippen MR) is 198 cm³/mol. The molecular weight excluding hydrogens is 787 g/mol. The summed E-state index contributed by atoms with van der Waals surface area (Å²) in [6, 6.07) is 0. The Balaban J connectivity index is 1.72. The van der Waals surface area contributed by atoms with Crippen molar-refractivity contribution in [2.24, 2.45) is 0 Å². The van der Waals surface area contributed by atoms with Crippen LogP contribution in [0.2, 0.25) is 0 Å². The Hall–Kier alpha value is -2.59. The summed E-state index contributed by atoms with van der Waals surface area (Å²) in [4.78, 5) is 23.4. The van der Waals surface area contributed by atoms with E-state index in [1.54, 1.807) is 0 Å². The Bertz CT molecular complexity index is 1140. The summed E-state index contributed by atoms with van der Waals surface area (Å²) in [6.07, 6.45) is 8.15. The number of esters is 2. The zero-order valence-corrected chi connectivity index (χ0v) is 33.8. The van der Waals surface area contributed by atoms with Crippen molar-refractivity contribution in [3.63, 3.8) is 0 Å². The first-order valence-electron chi connectivity index (χ1n) is 19.9. The van der Waals surface area contributed by atoms with Crippen LogP contribution in [0, 0.1) is 29.1 Å². The molecule has 0 fully saturated rings. The van der Waals surface area contributed by atoms with E-state index in [1.165, 1.54) is 32.1 Å². The summed E-state index contributed by atoms with van der Waals surface area (Å²) >= 11 is 0. The number of hydrogen-bond acceptors (Lipinski definition) is 14. The lowest BCUT2D eigenvalue weighted by Gasteiger charge is -2.09. The summed E-state index contributed by atoms with van der Waals surface area (Å²) in [5, 5.41) is 0. The molecule has 0 N–H and O–H groups in total. The number of hydrogen-bond donors (Lipinski definition) is 0. The van der Waals surface area contributed by atoms with Crippen molar-refractivity contribution >= 4 is 11.9 Å². The van der Waals surface area contributed by atoms with Gasteiger partial charge in [-0.15, -0.1) is 0 Å². The van der Waals surface area contributed by atoms with Crippen LogP contribution in [0.3, 0.4) is 0 Å². The molecule has 0 aliphatic heterocycles. The molecule has 0 heterocycles. The lowest BCUT2D eigenvalue weighted by molar-refractivity contribution is -0.145. The van der Waals surface area contributed by atoms with Gasteiger partial charge in [-0.25, -0.2) is 13.2 Å². The van der Waals surface area contributed by atoms with Crippen LogP contribution >= 0.6 is 0 Å². The number of carbonyl (C=O) groups is 2. The van der Waals surface area contributed by atoms with Crippen LogP contribution < -0.4 is 4.74 Å². The first-order valence-corrected chi connectivity index (χ1v) is 19.9. The standard InChI is InChI=1S/C39H63F5O14/c1-2-3-4-5-6-7-8-9-32(45)57-31-30-56-29-28-55-27-26-54-25-24-53-23-22-52-21-20-51-19-18-50-17-16-49-15-14-48-13-12-47-11-10-33(46)58-39-37(43)35(41)34(40)36(42)38(39)44/h2-31H2,1H3. The Labute approximate surface area is 338 Å². The Kier molecular flexibility index (Phi) is 35.6. The zero-order valence-electron chi connectivity index (χ0n) is 33.8. The molecule has 14 nitrogen and oxygen atoms in total. The van der Waals surface area contributed by atoms with Gasteiger partial charge in [-0.05, 0) is 6.42 Å². The van der Waals surface area contributed by atoms with Gasteiger partial charge in [0.25, 0.3) is 0 Å². The summed E-state index contributed by atoms with van der Waals surface area (Å²) < 4.78 is 130. The van der Waals surface area contributed by atoms with Crippen LogP contribution in [-0.2, 0) is 61.7 Å². The number of benzene rings is 1. The molecule has 0 saturated heterocycles. The first kappa shape index (κ1) is 53.4. The molecule has 338 valence electrons. The van der Waals surface area contributed by atoms with Crippen molar-refractivity contribution in [3.05, 3.63) is 29.1 Å². The molecule has 0 aliphatic carbocycles. The van der Waals surface area contributed by atoms with E-state index in [4.69, 9.17) is 52.1 Å². The Morgan fingerprint density at radius 2 is 0.638 bits per heavy atom. The maximum absolute atomic E-state index is 13.6. The van der Waals surface area contributed by atoms with Crippen LogP contribution in [0.15, 0.2) is 0 Å². The van der Waals surface area contributed by atoms with Gasteiger partial charge in [-0.3, -0.25) is 9.59 Å². The third kappa shape index (κ3) is 29.6. The molecule has 0 amide bonds. The molecule has 1 rings (SSSR count). The molecule has 1 aromatic rings. The van der Waals surface area contributed by atoms with E-state index in [0.717, 1.165) is 12.8 Å². The van der Waals surface area contributed by atoms with Gasteiger partial charge in [0.15, 0.2) is 0 Å². The first-order chi connectivity index (χ1) is 28.3. The van der Waals surface area contributed by atoms with Crippen LogP contribution in [0.5, 0.6) is 5.75 Å². The van der Waals surface area contributed by atoms with E-state index in [1.807, 2.05) is 0 Å². The fourth-order valence-electron chi connectivity index (χ4n) is 4.59. The highest BCUT2D eigenvalue weighted by atomic mass is 19.2. The largest absolute Gasteiger partial charge is 0.463 e. The molecule has 1 aromatic carbocycles. The van der Waals surface area contributed by atoms with E-state index >= 15 is 0 Å². The van der Waals surface area contributed by atoms with Crippen molar-refractivity contribution in [2.75, 3.05) is 139 Å². The fraction of sp³-hybridized carbons (Fsp3) is 0.795. The summed E-state index contributed by atoms with van der Waals surface area (Å²) in [6.45, 7) is 9.29. The number of ether oxygens (including phenoxy) is 12. The molecule has 0 aromatic heterocycles.